The van der Waals surface area contributed by atoms with E-state index in [1.807, 2.05) is 31.1 Å². The maximum atomic E-state index is 5.88. The van der Waals surface area contributed by atoms with Crippen molar-refractivity contribution in [2.45, 2.75) is 25.8 Å². The molecule has 0 aliphatic heterocycles. The average Bonchev–Trinajstić information content (AvgIpc) is 2.34. The van der Waals surface area contributed by atoms with Gasteiger partial charge in [-0.1, -0.05) is 12.5 Å². The molecular weight excluding hydrogens is 365 g/mol. The number of halogens is 1. The molecule has 0 unspecified atom stereocenters. The number of pyridine rings is 1. The number of aliphatic imine (C=N–C) groups is 1. The Labute approximate surface area is 138 Å². The monoisotopic (exact) mass is 389 g/mol. The van der Waals surface area contributed by atoms with Crippen LogP contribution in [-0.4, -0.2) is 31.6 Å². The van der Waals surface area contributed by atoms with Crippen LogP contribution in [0.2, 0.25) is 0 Å². The molecular formula is C14H24IN5. The Bertz CT molecular complexity index is 443. The quantitative estimate of drug-likeness (QED) is 0.459. The summed E-state index contributed by atoms with van der Waals surface area (Å²) >= 11 is 0. The van der Waals surface area contributed by atoms with Gasteiger partial charge >= 0.3 is 0 Å². The third-order valence-electron chi connectivity index (χ3n) is 3.51. The fourth-order valence-corrected chi connectivity index (χ4v) is 2.13. The molecule has 0 radical (unpaired) electrons. The number of guanidine groups is 1. The summed E-state index contributed by atoms with van der Waals surface area (Å²) in [5.41, 5.74) is 6.96. The molecule has 6 heteroatoms. The minimum absolute atomic E-state index is 0. The fraction of sp³-hybridized carbons (Fsp3) is 0.571. The third-order valence-corrected chi connectivity index (χ3v) is 3.51. The second kappa shape index (κ2) is 8.28. The highest BCUT2D eigenvalue weighted by molar-refractivity contribution is 14.0. The van der Waals surface area contributed by atoms with Gasteiger partial charge in [0.2, 0.25) is 0 Å². The summed E-state index contributed by atoms with van der Waals surface area (Å²) in [6.07, 6.45) is 5.77. The number of nitrogens with one attached hydrogen (secondary N) is 1. The van der Waals surface area contributed by atoms with Crippen molar-refractivity contribution in [3.63, 3.8) is 0 Å². The smallest absolute Gasteiger partial charge is 0.188 e. The number of nitrogens with zero attached hydrogens (tertiary/aromatic N) is 3. The van der Waals surface area contributed by atoms with E-state index in [0.717, 1.165) is 23.8 Å². The second-order valence-electron chi connectivity index (χ2n) is 5.26. The number of aromatic nitrogens is 1. The van der Waals surface area contributed by atoms with E-state index in [-0.39, 0.29) is 24.0 Å². The van der Waals surface area contributed by atoms with Crippen LogP contribution in [0.4, 0.5) is 5.82 Å². The zero-order valence-electron chi connectivity index (χ0n) is 12.2. The summed E-state index contributed by atoms with van der Waals surface area (Å²) in [5, 5.41) is 3.20. The Hall–Kier alpha value is -1.05. The first-order valence-corrected chi connectivity index (χ1v) is 6.82. The Morgan fingerprint density at radius 2 is 2.25 bits per heavy atom. The van der Waals surface area contributed by atoms with E-state index < -0.39 is 0 Å². The van der Waals surface area contributed by atoms with E-state index in [9.17, 15) is 0 Å². The standard InChI is InChI=1S/C14H23N5.HI/c1-19(2)13-12(7-4-8-16-13)10-18-14(15)17-9-11-5-3-6-11;/h4,7-8,11H,3,5-6,9-10H2,1-2H3,(H3,15,17,18);1H. The molecule has 3 N–H and O–H groups in total. The van der Waals surface area contributed by atoms with Gasteiger partial charge in [0.05, 0.1) is 6.54 Å². The minimum Gasteiger partial charge on any atom is -0.370 e. The van der Waals surface area contributed by atoms with E-state index in [1.165, 1.54) is 19.3 Å². The lowest BCUT2D eigenvalue weighted by Crippen LogP contribution is -2.37. The molecule has 2 rings (SSSR count). The SMILES string of the molecule is CN(C)c1ncccc1CN=C(N)NCC1CCC1.I. The van der Waals surface area contributed by atoms with Gasteiger partial charge in [-0.2, -0.15) is 0 Å². The number of hydrogen-bond donors (Lipinski definition) is 2. The number of hydrogen-bond acceptors (Lipinski definition) is 3. The van der Waals surface area contributed by atoms with Gasteiger partial charge in [-0.3, -0.25) is 0 Å². The van der Waals surface area contributed by atoms with E-state index in [2.05, 4.69) is 15.3 Å². The highest BCUT2D eigenvalue weighted by Gasteiger charge is 2.16. The Morgan fingerprint density at radius 3 is 2.85 bits per heavy atom. The molecule has 0 amide bonds. The third kappa shape index (κ3) is 4.81. The highest BCUT2D eigenvalue weighted by atomic mass is 127. The lowest BCUT2D eigenvalue weighted by molar-refractivity contribution is 0.315. The Kier molecular flexibility index (Phi) is 7.04. The minimum atomic E-state index is 0. The van der Waals surface area contributed by atoms with Crippen molar-refractivity contribution >= 4 is 35.8 Å². The summed E-state index contributed by atoms with van der Waals surface area (Å²) in [6.45, 7) is 1.51. The van der Waals surface area contributed by atoms with Gasteiger partial charge in [0, 0.05) is 32.4 Å². The van der Waals surface area contributed by atoms with Crippen molar-refractivity contribution in [1.29, 1.82) is 0 Å². The molecule has 0 aromatic carbocycles. The van der Waals surface area contributed by atoms with Crippen LogP contribution in [0.25, 0.3) is 0 Å². The Balaban J connectivity index is 0.00000200. The maximum Gasteiger partial charge on any atom is 0.188 e. The van der Waals surface area contributed by atoms with E-state index in [1.54, 1.807) is 6.20 Å². The van der Waals surface area contributed by atoms with Gasteiger partial charge in [0.25, 0.3) is 0 Å². The molecule has 1 fully saturated rings. The van der Waals surface area contributed by atoms with Gasteiger partial charge in [-0.05, 0) is 24.8 Å². The lowest BCUT2D eigenvalue weighted by Gasteiger charge is -2.25. The molecule has 1 aromatic rings. The van der Waals surface area contributed by atoms with E-state index in [0.29, 0.717) is 12.5 Å². The predicted molar refractivity (Wildman–Crippen MR) is 94.6 cm³/mol. The summed E-state index contributed by atoms with van der Waals surface area (Å²) in [7, 11) is 3.96. The van der Waals surface area contributed by atoms with Crippen molar-refractivity contribution in [1.82, 2.24) is 10.3 Å². The number of rotatable bonds is 5. The predicted octanol–water partition coefficient (Wildman–Crippen LogP) is 1.97. The average molecular weight is 389 g/mol. The van der Waals surface area contributed by atoms with Crippen LogP contribution in [0, 0.1) is 5.92 Å². The number of nitrogens with two attached hydrogens (primary N) is 1. The van der Waals surface area contributed by atoms with E-state index in [4.69, 9.17) is 5.73 Å². The summed E-state index contributed by atoms with van der Waals surface area (Å²) in [6, 6.07) is 3.96. The second-order valence-corrected chi connectivity index (χ2v) is 5.26. The molecule has 1 aromatic heterocycles. The van der Waals surface area contributed by atoms with Gasteiger partial charge < -0.3 is 16.0 Å². The molecule has 1 aliphatic rings. The summed E-state index contributed by atoms with van der Waals surface area (Å²) in [5.74, 6) is 2.25. The van der Waals surface area contributed by atoms with Crippen LogP contribution in [0.5, 0.6) is 0 Å². The van der Waals surface area contributed by atoms with Crippen molar-refractivity contribution in [2.75, 3.05) is 25.5 Å². The van der Waals surface area contributed by atoms with Gasteiger partial charge in [-0.15, -0.1) is 24.0 Å². The lowest BCUT2D eigenvalue weighted by atomic mass is 9.85. The highest BCUT2D eigenvalue weighted by Crippen LogP contribution is 2.25. The zero-order chi connectivity index (χ0) is 13.7. The van der Waals surface area contributed by atoms with Crippen LogP contribution in [0.3, 0.4) is 0 Å². The molecule has 20 heavy (non-hydrogen) atoms. The largest absolute Gasteiger partial charge is 0.370 e. The van der Waals surface area contributed by atoms with Crippen LogP contribution in [0.1, 0.15) is 24.8 Å². The van der Waals surface area contributed by atoms with Gasteiger partial charge in [0.1, 0.15) is 5.82 Å². The van der Waals surface area contributed by atoms with Crippen molar-refractivity contribution in [3.8, 4) is 0 Å². The fourth-order valence-electron chi connectivity index (χ4n) is 2.13. The van der Waals surface area contributed by atoms with Gasteiger partial charge in [-0.25, -0.2) is 9.98 Å². The molecule has 0 atom stereocenters. The molecule has 1 aliphatic carbocycles. The topological polar surface area (TPSA) is 66.5 Å². The number of anilines is 1. The molecule has 1 saturated carbocycles. The summed E-state index contributed by atoms with van der Waals surface area (Å²) in [4.78, 5) is 10.7. The van der Waals surface area contributed by atoms with Crippen molar-refractivity contribution < 1.29 is 0 Å². The molecule has 0 bridgehead atoms. The zero-order valence-corrected chi connectivity index (χ0v) is 14.5. The first-order valence-electron chi connectivity index (χ1n) is 6.82. The first-order chi connectivity index (χ1) is 9.16. The maximum absolute atomic E-state index is 5.88. The van der Waals surface area contributed by atoms with Crippen molar-refractivity contribution in [2.24, 2.45) is 16.6 Å². The Morgan fingerprint density at radius 1 is 1.50 bits per heavy atom. The molecule has 112 valence electrons. The molecule has 0 saturated heterocycles. The molecule has 0 spiro atoms. The van der Waals surface area contributed by atoms with Crippen molar-refractivity contribution in [3.05, 3.63) is 23.9 Å². The van der Waals surface area contributed by atoms with Crippen LogP contribution >= 0.6 is 24.0 Å². The van der Waals surface area contributed by atoms with Gasteiger partial charge in [0.15, 0.2) is 5.96 Å². The van der Waals surface area contributed by atoms with Crippen LogP contribution in [-0.2, 0) is 6.54 Å². The van der Waals surface area contributed by atoms with Crippen LogP contribution in [0.15, 0.2) is 23.3 Å². The van der Waals surface area contributed by atoms with E-state index >= 15 is 0 Å². The summed E-state index contributed by atoms with van der Waals surface area (Å²) < 4.78 is 0. The molecule has 1 heterocycles. The normalized spacial score (nSPS) is 15.2. The van der Waals surface area contributed by atoms with Crippen LogP contribution < -0.4 is 16.0 Å². The first kappa shape index (κ1) is 17.0. The molecule has 5 nitrogen and oxygen atoms in total.